The fraction of sp³-hybridized carbons (Fsp3) is 0.667. The molecule has 0 radical (unpaired) electrons. The number of allylic oxidation sites excluding steroid dienone is 2. The predicted octanol–water partition coefficient (Wildman–Crippen LogP) is 3.11. The van der Waals surface area contributed by atoms with Crippen LogP contribution in [0.1, 0.15) is 27.2 Å². The Kier molecular flexibility index (Phi) is 3.25. The normalized spacial score (nSPS) is 18.6. The van der Waals surface area contributed by atoms with E-state index in [2.05, 4.69) is 32.9 Å². The summed E-state index contributed by atoms with van der Waals surface area (Å²) in [6, 6.07) is 0. The third-order valence-corrected chi connectivity index (χ3v) is 2.60. The molecule has 0 aromatic carbocycles. The average Bonchev–Trinajstić information content (AvgIpc) is 2.15. The molecule has 0 fully saturated rings. The van der Waals surface area contributed by atoms with E-state index < -0.39 is 0 Å². The van der Waals surface area contributed by atoms with Crippen LogP contribution in [0.4, 0.5) is 0 Å². The molecule has 0 aromatic heterocycles. The third-order valence-electron chi connectivity index (χ3n) is 2.60. The topological polar surface area (TPSA) is 18.5 Å². The first-order valence-corrected chi connectivity index (χ1v) is 4.96. The molecule has 0 aliphatic heterocycles. The quantitative estimate of drug-likeness (QED) is 0.675. The first-order valence-electron chi connectivity index (χ1n) is 4.96. The molecule has 0 heterocycles. The van der Waals surface area contributed by atoms with Crippen molar-refractivity contribution in [2.75, 3.05) is 14.2 Å². The highest BCUT2D eigenvalue weighted by molar-refractivity contribution is 5.20. The van der Waals surface area contributed by atoms with Crippen LogP contribution in [0.3, 0.4) is 0 Å². The molecule has 0 N–H and O–H groups in total. The minimum absolute atomic E-state index is 0.216. The summed E-state index contributed by atoms with van der Waals surface area (Å²) in [6.45, 7) is 6.66. The average molecular weight is 196 g/mol. The summed E-state index contributed by atoms with van der Waals surface area (Å²) in [5.41, 5.74) is 0.216. The Balaban J connectivity index is 2.88. The van der Waals surface area contributed by atoms with Gasteiger partial charge in [0.05, 0.1) is 32.2 Å². The second-order valence-electron chi connectivity index (χ2n) is 4.74. The summed E-state index contributed by atoms with van der Waals surface area (Å²) in [5, 5.41) is 0. The van der Waals surface area contributed by atoms with Crippen LogP contribution in [0.15, 0.2) is 23.7 Å². The van der Waals surface area contributed by atoms with Crippen LogP contribution in [0.2, 0.25) is 0 Å². The van der Waals surface area contributed by atoms with E-state index in [1.54, 1.807) is 14.2 Å². The van der Waals surface area contributed by atoms with Gasteiger partial charge in [-0.2, -0.15) is 0 Å². The smallest absolute Gasteiger partial charge is 0.0996 e. The van der Waals surface area contributed by atoms with Crippen molar-refractivity contribution < 1.29 is 9.47 Å². The third kappa shape index (κ3) is 2.53. The fourth-order valence-electron chi connectivity index (χ4n) is 1.52. The van der Waals surface area contributed by atoms with Gasteiger partial charge in [0, 0.05) is 5.92 Å². The Morgan fingerprint density at radius 2 is 1.50 bits per heavy atom. The van der Waals surface area contributed by atoms with Gasteiger partial charge in [-0.05, 0) is 17.6 Å². The maximum absolute atomic E-state index is 5.29. The lowest BCUT2D eigenvalue weighted by atomic mass is 9.78. The molecular formula is C12H20O2. The van der Waals surface area contributed by atoms with Crippen molar-refractivity contribution in [1.29, 1.82) is 0 Å². The molecule has 1 aliphatic rings. The highest BCUT2D eigenvalue weighted by Gasteiger charge is 2.25. The SMILES string of the molecule is COC1=CC(C(C)(C)C)C=C(OC)C1. The van der Waals surface area contributed by atoms with Crippen LogP contribution < -0.4 is 0 Å². The van der Waals surface area contributed by atoms with Crippen molar-refractivity contribution >= 4 is 0 Å². The fourth-order valence-corrected chi connectivity index (χ4v) is 1.52. The lowest BCUT2D eigenvalue weighted by molar-refractivity contribution is 0.215. The van der Waals surface area contributed by atoms with Gasteiger partial charge in [-0.25, -0.2) is 0 Å². The second-order valence-corrected chi connectivity index (χ2v) is 4.74. The van der Waals surface area contributed by atoms with Gasteiger partial charge in [-0.15, -0.1) is 0 Å². The minimum Gasteiger partial charge on any atom is -0.501 e. The molecule has 14 heavy (non-hydrogen) atoms. The predicted molar refractivity (Wildman–Crippen MR) is 57.7 cm³/mol. The zero-order valence-corrected chi connectivity index (χ0v) is 9.76. The highest BCUT2D eigenvalue weighted by Crippen LogP contribution is 2.34. The van der Waals surface area contributed by atoms with Crippen LogP contribution >= 0.6 is 0 Å². The molecule has 0 saturated heterocycles. The summed E-state index contributed by atoms with van der Waals surface area (Å²) in [4.78, 5) is 0. The maximum atomic E-state index is 5.29. The van der Waals surface area contributed by atoms with E-state index in [9.17, 15) is 0 Å². The second kappa shape index (κ2) is 4.07. The van der Waals surface area contributed by atoms with E-state index in [-0.39, 0.29) is 5.41 Å². The lowest BCUT2D eigenvalue weighted by Gasteiger charge is -2.29. The first-order chi connectivity index (χ1) is 6.47. The lowest BCUT2D eigenvalue weighted by Crippen LogP contribution is -2.20. The van der Waals surface area contributed by atoms with Gasteiger partial charge in [0.15, 0.2) is 0 Å². The highest BCUT2D eigenvalue weighted by atomic mass is 16.5. The van der Waals surface area contributed by atoms with E-state index in [0.717, 1.165) is 17.9 Å². The summed E-state index contributed by atoms with van der Waals surface area (Å²) in [5.74, 6) is 2.40. The van der Waals surface area contributed by atoms with Gasteiger partial charge < -0.3 is 9.47 Å². The van der Waals surface area contributed by atoms with Crippen LogP contribution in [-0.4, -0.2) is 14.2 Å². The first kappa shape index (κ1) is 11.2. The van der Waals surface area contributed by atoms with Crippen LogP contribution in [-0.2, 0) is 9.47 Å². The molecule has 0 atom stereocenters. The van der Waals surface area contributed by atoms with Gasteiger partial charge in [0.2, 0.25) is 0 Å². The van der Waals surface area contributed by atoms with E-state index in [1.807, 2.05) is 0 Å². The van der Waals surface area contributed by atoms with Crippen LogP contribution in [0.25, 0.3) is 0 Å². The van der Waals surface area contributed by atoms with Crippen molar-refractivity contribution in [1.82, 2.24) is 0 Å². The minimum atomic E-state index is 0.216. The number of rotatable bonds is 2. The van der Waals surface area contributed by atoms with Gasteiger partial charge >= 0.3 is 0 Å². The van der Waals surface area contributed by atoms with Crippen LogP contribution in [0.5, 0.6) is 0 Å². The van der Waals surface area contributed by atoms with Crippen molar-refractivity contribution in [3.8, 4) is 0 Å². The van der Waals surface area contributed by atoms with E-state index in [0.29, 0.717) is 5.92 Å². The number of ether oxygens (including phenoxy) is 2. The number of hydrogen-bond acceptors (Lipinski definition) is 2. The van der Waals surface area contributed by atoms with E-state index >= 15 is 0 Å². The molecule has 1 aliphatic carbocycles. The van der Waals surface area contributed by atoms with E-state index in [4.69, 9.17) is 9.47 Å². The molecule has 2 heteroatoms. The van der Waals surface area contributed by atoms with Crippen molar-refractivity contribution in [3.63, 3.8) is 0 Å². The molecule has 0 bridgehead atoms. The molecule has 0 spiro atoms. The van der Waals surface area contributed by atoms with Gasteiger partial charge in [0.25, 0.3) is 0 Å². The monoisotopic (exact) mass is 196 g/mol. The summed E-state index contributed by atoms with van der Waals surface area (Å²) in [7, 11) is 3.42. The molecular weight excluding hydrogens is 176 g/mol. The standard InChI is InChI=1S/C12H20O2/c1-12(2,3)9-6-10(13-4)8-11(7-9)14-5/h6-7,9H,8H2,1-5H3. The molecule has 0 aromatic rings. The van der Waals surface area contributed by atoms with Gasteiger partial charge in [0.1, 0.15) is 0 Å². The Hall–Kier alpha value is -0.920. The zero-order valence-electron chi connectivity index (χ0n) is 9.76. The maximum Gasteiger partial charge on any atom is 0.0996 e. The molecule has 0 unspecified atom stereocenters. The van der Waals surface area contributed by atoms with E-state index in [1.165, 1.54) is 0 Å². The van der Waals surface area contributed by atoms with Gasteiger partial charge in [-0.1, -0.05) is 20.8 Å². The summed E-state index contributed by atoms with van der Waals surface area (Å²) in [6.07, 6.45) is 5.14. The molecule has 0 amide bonds. The zero-order chi connectivity index (χ0) is 10.8. The number of methoxy groups -OCH3 is 2. The Morgan fingerprint density at radius 3 is 1.79 bits per heavy atom. The van der Waals surface area contributed by atoms with Crippen molar-refractivity contribution in [2.24, 2.45) is 11.3 Å². The Bertz CT molecular complexity index is 236. The number of hydrogen-bond donors (Lipinski definition) is 0. The Morgan fingerprint density at radius 1 is 1.07 bits per heavy atom. The summed E-state index contributed by atoms with van der Waals surface area (Å²) >= 11 is 0. The Labute approximate surface area is 86.6 Å². The molecule has 2 nitrogen and oxygen atoms in total. The summed E-state index contributed by atoms with van der Waals surface area (Å²) < 4.78 is 10.6. The molecule has 0 saturated carbocycles. The van der Waals surface area contributed by atoms with Gasteiger partial charge in [-0.3, -0.25) is 0 Å². The van der Waals surface area contributed by atoms with Crippen LogP contribution in [0, 0.1) is 11.3 Å². The molecule has 1 rings (SSSR count). The largest absolute Gasteiger partial charge is 0.501 e. The molecule has 80 valence electrons. The van der Waals surface area contributed by atoms with Crippen molar-refractivity contribution in [3.05, 3.63) is 23.7 Å². The van der Waals surface area contributed by atoms with Crippen molar-refractivity contribution in [2.45, 2.75) is 27.2 Å².